The smallest absolute Gasteiger partial charge is 0.323 e. The maximum Gasteiger partial charge on any atom is 0.323 e. The van der Waals surface area contributed by atoms with Gasteiger partial charge in [-0.1, -0.05) is 20.3 Å². The summed E-state index contributed by atoms with van der Waals surface area (Å²) in [6.07, 6.45) is 20.3. The number of Topliss-reactive ketones (excluding diaryl/α,β-unsaturated/α-hetero) is 1. The minimum atomic E-state index is -1.12. The Hall–Kier alpha value is -4.02. The van der Waals surface area contributed by atoms with E-state index in [9.17, 15) is 28.7 Å². The van der Waals surface area contributed by atoms with Crippen molar-refractivity contribution < 1.29 is 47.6 Å². The number of ketones is 1. The van der Waals surface area contributed by atoms with Gasteiger partial charge in [0.1, 0.15) is 29.7 Å². The maximum absolute atomic E-state index is 15.1. The topological polar surface area (TPSA) is 130 Å². The number of halogens is 2. The molecule has 12 rings (SSSR count). The Labute approximate surface area is 371 Å². The minimum absolute atomic E-state index is 0.0219. The highest BCUT2D eigenvalue weighted by Crippen LogP contribution is 2.61. The summed E-state index contributed by atoms with van der Waals surface area (Å²) in [5.41, 5.74) is 2.26. The highest BCUT2D eigenvalue weighted by Gasteiger charge is 2.53. The molecule has 9 nitrogen and oxygen atoms in total. The van der Waals surface area contributed by atoms with Crippen LogP contribution in [0, 0.1) is 69.8 Å². The second-order valence-electron chi connectivity index (χ2n) is 22.2. The quantitative estimate of drug-likeness (QED) is 0.150. The van der Waals surface area contributed by atoms with E-state index in [1.54, 1.807) is 12.1 Å². The Kier molecular flexibility index (Phi) is 12.2. The van der Waals surface area contributed by atoms with Crippen molar-refractivity contribution >= 4 is 23.6 Å². The summed E-state index contributed by atoms with van der Waals surface area (Å²) in [5, 5.41) is 18.5. The first-order valence-electron chi connectivity index (χ1n) is 24.2. The molecule has 1 amide bonds. The number of hydrogen-bond acceptors (Lipinski definition) is 6. The Morgan fingerprint density at radius 1 is 0.683 bits per heavy atom. The highest BCUT2D eigenvalue weighted by atomic mass is 19.1. The molecule has 2 atom stereocenters. The summed E-state index contributed by atoms with van der Waals surface area (Å²) in [4.78, 5) is 49.1. The number of carbonyl (C=O) groups is 4. The Morgan fingerprint density at radius 3 is 1.44 bits per heavy atom. The Balaban J connectivity index is 0.000000161. The molecule has 10 fully saturated rings. The van der Waals surface area contributed by atoms with Gasteiger partial charge in [0.2, 0.25) is 0 Å². The molecule has 0 saturated heterocycles. The van der Waals surface area contributed by atoms with Gasteiger partial charge in [-0.25, -0.2) is 8.78 Å². The van der Waals surface area contributed by atoms with Crippen LogP contribution in [0.15, 0.2) is 24.3 Å². The second kappa shape index (κ2) is 17.4. The van der Waals surface area contributed by atoms with E-state index >= 15 is 4.39 Å². The van der Waals surface area contributed by atoms with Crippen LogP contribution in [0.4, 0.5) is 8.78 Å². The van der Waals surface area contributed by atoms with Crippen LogP contribution in [-0.4, -0.2) is 65.5 Å². The molecular formula is C52H67F2NO8. The van der Waals surface area contributed by atoms with Crippen molar-refractivity contribution in [3.8, 4) is 11.5 Å². The summed E-state index contributed by atoms with van der Waals surface area (Å²) in [7, 11) is 1.38. The third kappa shape index (κ3) is 9.54. The molecule has 342 valence electrons. The molecule has 0 unspecified atom stereocenters. The number of amides is 1. The number of carboxylic acids is 2. The third-order valence-electron chi connectivity index (χ3n) is 16.9. The monoisotopic (exact) mass is 871 g/mol. The number of likely N-dealkylation sites (N-methyl/N-ethyl adjacent to an activating group) is 1. The summed E-state index contributed by atoms with van der Waals surface area (Å²) >= 11 is 0. The molecule has 63 heavy (non-hydrogen) atoms. The minimum Gasteiger partial charge on any atom is -0.493 e. The molecule has 10 aliphatic rings. The molecular weight excluding hydrogens is 805 g/mol. The van der Waals surface area contributed by atoms with Crippen LogP contribution in [0.1, 0.15) is 173 Å². The van der Waals surface area contributed by atoms with E-state index in [2.05, 4.69) is 0 Å². The van der Waals surface area contributed by atoms with Crippen LogP contribution in [0.3, 0.4) is 0 Å². The van der Waals surface area contributed by atoms with Gasteiger partial charge in [0.05, 0.1) is 30.3 Å². The summed E-state index contributed by atoms with van der Waals surface area (Å²) in [5.74, 6) is 1.52. The predicted octanol–water partition coefficient (Wildman–Crippen LogP) is 11.1. The van der Waals surface area contributed by atoms with Gasteiger partial charge in [-0.3, -0.25) is 19.2 Å². The van der Waals surface area contributed by atoms with Gasteiger partial charge < -0.3 is 24.6 Å². The first kappa shape index (κ1) is 44.2. The zero-order chi connectivity index (χ0) is 44.4. The van der Waals surface area contributed by atoms with Crippen LogP contribution in [0.25, 0.3) is 0 Å². The first-order chi connectivity index (χ1) is 30.1. The van der Waals surface area contributed by atoms with E-state index in [1.165, 1.54) is 96.2 Å². The largest absolute Gasteiger partial charge is 0.493 e. The summed E-state index contributed by atoms with van der Waals surface area (Å²) in [6.45, 7) is 4.58. The number of carboxylic acid groups (broad SMARTS) is 2. The lowest BCUT2D eigenvalue weighted by Gasteiger charge is -2.56. The first-order valence-corrected chi connectivity index (χ1v) is 24.2. The van der Waals surface area contributed by atoms with E-state index < -0.39 is 47.7 Å². The molecule has 10 saturated carbocycles. The van der Waals surface area contributed by atoms with Gasteiger partial charge in [-0.15, -0.1) is 0 Å². The number of carbonyl (C=O) groups excluding carboxylic acids is 2. The van der Waals surface area contributed by atoms with Gasteiger partial charge in [0.25, 0.3) is 5.91 Å². The van der Waals surface area contributed by atoms with Gasteiger partial charge in [-0.2, -0.15) is 0 Å². The van der Waals surface area contributed by atoms with Crippen LogP contribution < -0.4 is 9.47 Å². The van der Waals surface area contributed by atoms with Crippen molar-refractivity contribution in [1.29, 1.82) is 0 Å². The SMILES string of the molecule is CC[C@H](C)[C@H](CC(=O)c1cc(C2CC2)c(OCC23CC4CC(CC(C4)C2)C3)cc1F)C(=O)O.CN(CC(=O)O)C(=O)c1cc(C2CC2)c(OCC23CC4CC(CC(C4)C2)C3)cc1F. The van der Waals surface area contributed by atoms with Gasteiger partial charge in [0.15, 0.2) is 5.78 Å². The van der Waals surface area contributed by atoms with Gasteiger partial charge >= 0.3 is 11.9 Å². The van der Waals surface area contributed by atoms with E-state index in [1.807, 2.05) is 13.8 Å². The molecule has 0 aromatic heterocycles. The zero-order valence-corrected chi connectivity index (χ0v) is 37.5. The number of benzene rings is 2. The Bertz CT molecular complexity index is 2040. The molecule has 0 aliphatic heterocycles. The number of rotatable bonds is 17. The average Bonchev–Trinajstić information content (AvgIpc) is 4.15. The third-order valence-corrected chi connectivity index (χ3v) is 16.9. The zero-order valence-electron chi connectivity index (χ0n) is 37.5. The Morgan fingerprint density at radius 2 is 1.08 bits per heavy atom. The standard InChI is InChI=1S/C28H37FO4.C24H30FNO4/c1-3-16(2)21(27(31)32)10-25(30)23-9-22(20-4-5-20)26(11-24(23)29)33-15-28-12-17-6-18(13-28)8-19(7-17)14-28;1-26(12-22(27)28)23(29)19-7-18(17-2-3-17)21(8-20(19)25)30-13-24-9-14-4-15(10-24)6-16(5-14)11-24/h9,11,16-21H,3-8,10,12-15H2,1-2H3,(H,31,32);7-8,14-17H,2-6,9-13H2,1H3,(H,27,28)/t16-,17?,18?,19?,21-,28?;/m0./s1. The lowest BCUT2D eigenvalue weighted by Crippen LogP contribution is -2.48. The van der Waals surface area contributed by atoms with Crippen molar-refractivity contribution in [2.24, 2.45) is 58.2 Å². The van der Waals surface area contributed by atoms with E-state index in [4.69, 9.17) is 14.6 Å². The number of ether oxygens (including phenoxy) is 2. The van der Waals surface area contributed by atoms with E-state index in [0.717, 1.165) is 77.2 Å². The highest BCUT2D eigenvalue weighted by molar-refractivity contribution is 5.99. The molecule has 0 heterocycles. The van der Waals surface area contributed by atoms with Crippen LogP contribution in [0.5, 0.6) is 11.5 Å². The fourth-order valence-corrected chi connectivity index (χ4v) is 14.2. The normalized spacial score (nSPS) is 31.8. The fraction of sp³-hybridized carbons (Fsp3) is 0.692. The maximum atomic E-state index is 15.1. The number of nitrogens with zero attached hydrogens (tertiary/aromatic N) is 1. The van der Waals surface area contributed by atoms with Crippen molar-refractivity contribution in [2.75, 3.05) is 26.8 Å². The summed E-state index contributed by atoms with van der Waals surface area (Å²) < 4.78 is 42.7. The van der Waals surface area contributed by atoms with Gasteiger partial charge in [0, 0.05) is 36.4 Å². The van der Waals surface area contributed by atoms with Crippen LogP contribution in [0.2, 0.25) is 0 Å². The average molecular weight is 872 g/mol. The molecule has 2 N–H and O–H groups in total. The van der Waals surface area contributed by atoms with E-state index in [-0.39, 0.29) is 34.3 Å². The molecule has 2 aromatic rings. The van der Waals surface area contributed by atoms with Gasteiger partial charge in [-0.05, 0) is 179 Å². The molecule has 0 spiro atoms. The number of hydrogen-bond donors (Lipinski definition) is 2. The second-order valence-corrected chi connectivity index (χ2v) is 22.2. The molecule has 11 heteroatoms. The van der Waals surface area contributed by atoms with Crippen molar-refractivity contribution in [3.05, 3.63) is 58.2 Å². The molecule has 2 aromatic carbocycles. The molecule has 10 aliphatic carbocycles. The number of aliphatic carboxylic acids is 2. The lowest BCUT2D eigenvalue weighted by molar-refractivity contribution is -0.143. The predicted molar refractivity (Wildman–Crippen MR) is 233 cm³/mol. The summed E-state index contributed by atoms with van der Waals surface area (Å²) in [6, 6.07) is 6.03. The lowest BCUT2D eigenvalue weighted by atomic mass is 9.50. The van der Waals surface area contributed by atoms with Crippen LogP contribution >= 0.6 is 0 Å². The van der Waals surface area contributed by atoms with Crippen molar-refractivity contribution in [2.45, 2.75) is 141 Å². The van der Waals surface area contributed by atoms with Crippen molar-refractivity contribution in [3.63, 3.8) is 0 Å². The van der Waals surface area contributed by atoms with E-state index in [0.29, 0.717) is 43.0 Å². The van der Waals surface area contributed by atoms with Crippen molar-refractivity contribution in [1.82, 2.24) is 4.90 Å². The molecule has 0 radical (unpaired) electrons. The van der Waals surface area contributed by atoms with Crippen LogP contribution in [-0.2, 0) is 9.59 Å². The molecule has 8 bridgehead atoms. The fourth-order valence-electron chi connectivity index (χ4n) is 14.2.